The van der Waals surface area contributed by atoms with Crippen molar-refractivity contribution in [3.05, 3.63) is 0 Å². The van der Waals surface area contributed by atoms with Gasteiger partial charge in [0.1, 0.15) is 11.0 Å². The number of aliphatic carboxylic acids is 1. The smallest absolute Gasteiger partial charge is 0.410 e. The molecule has 6 nitrogen and oxygen atoms in total. The van der Waals surface area contributed by atoms with Crippen LogP contribution in [0, 0.1) is 11.3 Å². The van der Waals surface area contributed by atoms with Gasteiger partial charge in [0.05, 0.1) is 0 Å². The average Bonchev–Trinajstić information content (AvgIpc) is 3.13. The van der Waals surface area contributed by atoms with Gasteiger partial charge < -0.3 is 20.5 Å². The Morgan fingerprint density at radius 3 is 2.43 bits per heavy atom. The number of hydrogen-bond acceptors (Lipinski definition) is 4. The number of hydrogen-bond donors (Lipinski definition) is 2. The minimum atomic E-state index is -1.03. The Kier molecular flexibility index (Phi) is 4.19. The zero-order valence-corrected chi connectivity index (χ0v) is 13.1. The van der Waals surface area contributed by atoms with Crippen LogP contribution in [0.3, 0.4) is 0 Å². The second-order valence-electron chi connectivity index (χ2n) is 7.41. The fraction of sp³-hybridized carbons (Fsp3) is 0.867. The molecule has 2 rings (SSSR count). The first-order chi connectivity index (χ1) is 9.64. The number of carboxylic acids is 1. The number of carbonyl (C=O) groups is 2. The summed E-state index contributed by atoms with van der Waals surface area (Å²) in [5.41, 5.74) is 4.51. The number of nitrogens with two attached hydrogens (primary N) is 1. The van der Waals surface area contributed by atoms with Gasteiger partial charge in [-0.15, -0.1) is 0 Å². The van der Waals surface area contributed by atoms with Crippen LogP contribution in [0.15, 0.2) is 0 Å². The van der Waals surface area contributed by atoms with Crippen LogP contribution >= 0.6 is 0 Å². The van der Waals surface area contributed by atoms with Crippen molar-refractivity contribution in [2.24, 2.45) is 17.1 Å². The molecule has 0 bridgehead atoms. The lowest BCUT2D eigenvalue weighted by atomic mass is 9.72. The molecule has 1 saturated carbocycles. The number of rotatable bonds is 3. The van der Waals surface area contributed by atoms with Gasteiger partial charge in [0.2, 0.25) is 0 Å². The van der Waals surface area contributed by atoms with Crippen molar-refractivity contribution < 1.29 is 19.4 Å². The van der Waals surface area contributed by atoms with Gasteiger partial charge in [-0.2, -0.15) is 0 Å². The maximum absolute atomic E-state index is 12.2. The molecule has 0 spiro atoms. The van der Waals surface area contributed by atoms with Gasteiger partial charge in [0.15, 0.2) is 0 Å². The molecule has 6 heteroatoms. The SMILES string of the molecule is CC(C)(C)OC(=O)N1CCC(N)C(CC2CC2)(C(=O)O)C1. The van der Waals surface area contributed by atoms with E-state index in [4.69, 9.17) is 10.5 Å². The maximum atomic E-state index is 12.2. The van der Waals surface area contributed by atoms with Crippen LogP contribution in [0.4, 0.5) is 4.79 Å². The van der Waals surface area contributed by atoms with Crippen LogP contribution in [0.25, 0.3) is 0 Å². The third-order valence-electron chi connectivity index (χ3n) is 4.32. The highest BCUT2D eigenvalue weighted by molar-refractivity contribution is 5.78. The van der Waals surface area contributed by atoms with Gasteiger partial charge in [0.25, 0.3) is 0 Å². The highest BCUT2D eigenvalue weighted by Gasteiger charge is 2.52. The molecule has 0 radical (unpaired) electrons. The van der Waals surface area contributed by atoms with Gasteiger partial charge in [-0.1, -0.05) is 12.8 Å². The van der Waals surface area contributed by atoms with Crippen molar-refractivity contribution in [3.8, 4) is 0 Å². The predicted molar refractivity (Wildman–Crippen MR) is 77.8 cm³/mol. The largest absolute Gasteiger partial charge is 0.481 e. The Morgan fingerprint density at radius 1 is 1.33 bits per heavy atom. The summed E-state index contributed by atoms with van der Waals surface area (Å²) in [7, 11) is 0. The van der Waals surface area contributed by atoms with E-state index in [1.54, 1.807) is 20.8 Å². The molecule has 1 aliphatic heterocycles. The standard InChI is InChI=1S/C15H26N2O4/c1-14(2,3)21-13(20)17-7-6-11(16)15(9-17,12(18)19)8-10-4-5-10/h10-11H,4-9,16H2,1-3H3,(H,18,19). The van der Waals surface area contributed by atoms with Crippen molar-refractivity contribution in [2.75, 3.05) is 13.1 Å². The maximum Gasteiger partial charge on any atom is 0.410 e. The van der Waals surface area contributed by atoms with Crippen LogP contribution < -0.4 is 5.73 Å². The summed E-state index contributed by atoms with van der Waals surface area (Å²) in [6.45, 7) is 6.00. The van der Waals surface area contributed by atoms with Gasteiger partial charge in [-0.05, 0) is 39.5 Å². The lowest BCUT2D eigenvalue weighted by Crippen LogP contribution is -2.60. The molecule has 2 aliphatic rings. The molecule has 21 heavy (non-hydrogen) atoms. The summed E-state index contributed by atoms with van der Waals surface area (Å²) in [6.07, 6.45) is 2.74. The van der Waals surface area contributed by atoms with Crippen LogP contribution in [-0.4, -0.2) is 46.8 Å². The second-order valence-corrected chi connectivity index (χ2v) is 7.41. The van der Waals surface area contributed by atoms with E-state index in [1.165, 1.54) is 4.90 Å². The summed E-state index contributed by atoms with van der Waals surface area (Å²) in [6, 6.07) is -0.408. The molecular weight excluding hydrogens is 272 g/mol. The van der Waals surface area contributed by atoms with E-state index in [9.17, 15) is 14.7 Å². The third-order valence-corrected chi connectivity index (χ3v) is 4.32. The summed E-state index contributed by atoms with van der Waals surface area (Å²) in [5, 5.41) is 9.71. The van der Waals surface area contributed by atoms with Gasteiger partial charge in [0, 0.05) is 19.1 Å². The molecule has 1 saturated heterocycles. The Bertz CT molecular complexity index is 428. The minimum Gasteiger partial charge on any atom is -0.481 e. The molecular formula is C15H26N2O4. The van der Waals surface area contributed by atoms with E-state index in [-0.39, 0.29) is 6.54 Å². The lowest BCUT2D eigenvalue weighted by Gasteiger charge is -2.44. The van der Waals surface area contributed by atoms with E-state index >= 15 is 0 Å². The monoisotopic (exact) mass is 298 g/mol. The number of ether oxygens (including phenoxy) is 1. The molecule has 2 unspecified atom stereocenters. The highest BCUT2D eigenvalue weighted by atomic mass is 16.6. The van der Waals surface area contributed by atoms with E-state index in [2.05, 4.69) is 0 Å². The van der Waals surface area contributed by atoms with E-state index in [1.807, 2.05) is 0 Å². The molecule has 0 aromatic heterocycles. The van der Waals surface area contributed by atoms with Gasteiger partial charge >= 0.3 is 12.1 Å². The van der Waals surface area contributed by atoms with E-state index in [0.717, 1.165) is 12.8 Å². The number of carboxylic acid groups (broad SMARTS) is 1. The summed E-state index contributed by atoms with van der Waals surface area (Å²) < 4.78 is 5.36. The molecule has 2 fully saturated rings. The minimum absolute atomic E-state index is 0.148. The number of piperidine rings is 1. The van der Waals surface area contributed by atoms with Crippen molar-refractivity contribution >= 4 is 12.1 Å². The Labute approximate surface area is 125 Å². The first-order valence-electron chi connectivity index (χ1n) is 7.61. The molecule has 1 heterocycles. The number of amides is 1. The van der Waals surface area contributed by atoms with Crippen molar-refractivity contribution in [3.63, 3.8) is 0 Å². The molecule has 1 aliphatic carbocycles. The average molecular weight is 298 g/mol. The zero-order valence-electron chi connectivity index (χ0n) is 13.1. The molecule has 120 valence electrons. The molecule has 2 atom stereocenters. The van der Waals surface area contributed by atoms with Crippen LogP contribution in [0.1, 0.15) is 46.5 Å². The fourth-order valence-electron chi connectivity index (χ4n) is 2.96. The highest BCUT2D eigenvalue weighted by Crippen LogP contribution is 2.44. The lowest BCUT2D eigenvalue weighted by molar-refractivity contribution is -0.154. The van der Waals surface area contributed by atoms with Crippen LogP contribution in [0.5, 0.6) is 0 Å². The van der Waals surface area contributed by atoms with E-state index in [0.29, 0.717) is 25.3 Å². The zero-order chi connectivity index (χ0) is 15.8. The van der Waals surface area contributed by atoms with Crippen LogP contribution in [0.2, 0.25) is 0 Å². The molecule has 0 aromatic carbocycles. The normalized spacial score (nSPS) is 30.1. The molecule has 3 N–H and O–H groups in total. The topological polar surface area (TPSA) is 92.9 Å². The summed E-state index contributed by atoms with van der Waals surface area (Å²) in [5.74, 6) is -0.458. The Balaban J connectivity index is 2.13. The summed E-state index contributed by atoms with van der Waals surface area (Å²) >= 11 is 0. The first-order valence-corrected chi connectivity index (χ1v) is 7.61. The Morgan fingerprint density at radius 2 is 1.95 bits per heavy atom. The second kappa shape index (κ2) is 5.48. The third kappa shape index (κ3) is 3.67. The fourth-order valence-corrected chi connectivity index (χ4v) is 2.96. The van der Waals surface area contributed by atoms with Gasteiger partial charge in [-0.3, -0.25) is 4.79 Å². The number of carbonyl (C=O) groups excluding carboxylic acids is 1. The van der Waals surface area contributed by atoms with Gasteiger partial charge in [-0.25, -0.2) is 4.79 Å². The Hall–Kier alpha value is -1.30. The van der Waals surface area contributed by atoms with Crippen molar-refractivity contribution in [2.45, 2.75) is 58.1 Å². The molecule has 1 amide bonds. The van der Waals surface area contributed by atoms with E-state index < -0.39 is 29.1 Å². The van der Waals surface area contributed by atoms with Crippen molar-refractivity contribution in [1.82, 2.24) is 4.90 Å². The molecule has 0 aromatic rings. The first kappa shape index (κ1) is 16.1. The number of likely N-dealkylation sites (tertiary alicyclic amines) is 1. The summed E-state index contributed by atoms with van der Waals surface area (Å²) in [4.78, 5) is 25.6. The van der Waals surface area contributed by atoms with Crippen molar-refractivity contribution in [1.29, 1.82) is 0 Å². The van der Waals surface area contributed by atoms with Crippen LogP contribution in [-0.2, 0) is 9.53 Å². The predicted octanol–water partition coefficient (Wildman–Crippen LogP) is 1.83. The quantitative estimate of drug-likeness (QED) is 0.829. The number of nitrogens with zero attached hydrogens (tertiary/aromatic N) is 1.